The van der Waals surface area contributed by atoms with Gasteiger partial charge in [-0.3, -0.25) is 0 Å². The number of rotatable bonds is 7. The van der Waals surface area contributed by atoms with Crippen LogP contribution in [0, 0.1) is 0 Å². The predicted octanol–water partition coefficient (Wildman–Crippen LogP) is 4.44. The number of hydrogen-bond donors (Lipinski definition) is 0. The van der Waals surface area contributed by atoms with E-state index in [1.54, 1.807) is 0 Å². The molecule has 0 aliphatic carbocycles. The average Bonchev–Trinajstić information content (AvgIpc) is 2.03. The van der Waals surface area contributed by atoms with Crippen LogP contribution in [0.3, 0.4) is 0 Å². The van der Waals surface area contributed by atoms with Gasteiger partial charge >= 0.3 is 0 Å². The van der Waals surface area contributed by atoms with Crippen molar-refractivity contribution in [2.24, 2.45) is 0 Å². The van der Waals surface area contributed by atoms with Crippen LogP contribution in [-0.2, 0) is 0 Å². The molecule has 1 radical (unpaired) electrons. The van der Waals surface area contributed by atoms with Gasteiger partial charge in [-0.2, -0.15) is 0 Å². The molecule has 0 aromatic carbocycles. The van der Waals surface area contributed by atoms with Crippen LogP contribution >= 0.6 is 8.58 Å². The number of unbranched alkanes of at least 4 members (excludes halogenated alkanes) is 3. The predicted molar refractivity (Wildman–Crippen MR) is 55.4 cm³/mol. The minimum atomic E-state index is 1.27. The van der Waals surface area contributed by atoms with E-state index in [1.807, 2.05) is 0 Å². The lowest BCUT2D eigenvalue weighted by atomic mass is 10.2. The van der Waals surface area contributed by atoms with Crippen molar-refractivity contribution < 1.29 is 0 Å². The van der Waals surface area contributed by atoms with Gasteiger partial charge in [0.05, 0.1) is 0 Å². The summed E-state index contributed by atoms with van der Waals surface area (Å²) >= 11 is 0. The summed E-state index contributed by atoms with van der Waals surface area (Å²) in [5.41, 5.74) is 0. The first kappa shape index (κ1) is 11.2. The summed E-state index contributed by atoms with van der Waals surface area (Å²) in [5.74, 6) is 2.31. The molecule has 1 heteroatoms. The maximum absolute atomic E-state index is 2.32. The van der Waals surface area contributed by atoms with Crippen molar-refractivity contribution in [1.29, 1.82) is 0 Å². The monoisotopic (exact) mass is 171 g/mol. The number of allylic oxidation sites excluding steroid dienone is 1. The van der Waals surface area contributed by atoms with Crippen LogP contribution in [0.5, 0.6) is 0 Å². The highest BCUT2D eigenvalue weighted by Crippen LogP contribution is 2.14. The van der Waals surface area contributed by atoms with E-state index in [9.17, 15) is 0 Å². The fourth-order valence-electron chi connectivity index (χ4n) is 0.795. The molecule has 0 fully saturated rings. The van der Waals surface area contributed by atoms with Crippen molar-refractivity contribution in [2.45, 2.75) is 46.0 Å². The topological polar surface area (TPSA) is 0 Å². The van der Waals surface area contributed by atoms with Crippen LogP contribution in [0.25, 0.3) is 0 Å². The Hall–Kier alpha value is 0.170. The third-order valence-electron chi connectivity index (χ3n) is 1.58. The van der Waals surface area contributed by atoms with Crippen LogP contribution in [0.15, 0.2) is 11.9 Å². The summed E-state index contributed by atoms with van der Waals surface area (Å²) in [4.78, 5) is 0. The molecule has 0 spiro atoms. The Morgan fingerprint density at radius 1 is 1.09 bits per heavy atom. The molecular weight excluding hydrogens is 151 g/mol. The largest absolute Gasteiger partial charge is 0.0837 e. The van der Waals surface area contributed by atoms with Gasteiger partial charge in [0.25, 0.3) is 0 Å². The lowest BCUT2D eigenvalue weighted by molar-refractivity contribution is 0.815. The third-order valence-corrected chi connectivity index (χ3v) is 2.57. The Kier molecular flexibility index (Phi) is 10.3. The molecule has 0 nitrogen and oxygen atoms in total. The zero-order valence-electron chi connectivity index (χ0n) is 7.84. The highest BCUT2D eigenvalue weighted by Gasteiger charge is 1.82. The molecule has 0 heterocycles. The fraction of sp³-hybridized carbons (Fsp3) is 0.800. The van der Waals surface area contributed by atoms with Crippen LogP contribution in [0.1, 0.15) is 46.0 Å². The summed E-state index contributed by atoms with van der Waals surface area (Å²) in [6.07, 6.45) is 10.3. The molecule has 0 aliphatic heterocycles. The second kappa shape index (κ2) is 10.2. The minimum absolute atomic E-state index is 1.27. The minimum Gasteiger partial charge on any atom is -0.0837 e. The molecule has 0 saturated carbocycles. The van der Waals surface area contributed by atoms with Crippen molar-refractivity contribution in [3.63, 3.8) is 0 Å². The van der Waals surface area contributed by atoms with E-state index in [0.717, 1.165) is 0 Å². The summed E-state index contributed by atoms with van der Waals surface area (Å²) in [5, 5.41) is 0. The quantitative estimate of drug-likeness (QED) is 0.392. The highest BCUT2D eigenvalue weighted by atomic mass is 31.1. The van der Waals surface area contributed by atoms with Crippen molar-refractivity contribution in [2.75, 3.05) is 6.16 Å². The summed E-state index contributed by atoms with van der Waals surface area (Å²) in [7, 11) is 1.51. The molecule has 0 aromatic heterocycles. The first-order chi connectivity index (χ1) is 5.41. The lowest BCUT2D eigenvalue weighted by Gasteiger charge is -1.91. The molecule has 0 aromatic rings. The molecule has 0 saturated heterocycles. The average molecular weight is 171 g/mol. The van der Waals surface area contributed by atoms with Gasteiger partial charge in [0.1, 0.15) is 0 Å². The van der Waals surface area contributed by atoms with Crippen LogP contribution < -0.4 is 0 Å². The van der Waals surface area contributed by atoms with Crippen LogP contribution in [0.2, 0.25) is 0 Å². The highest BCUT2D eigenvalue weighted by molar-refractivity contribution is 7.41. The summed E-state index contributed by atoms with van der Waals surface area (Å²) < 4.78 is 0. The van der Waals surface area contributed by atoms with Crippen molar-refractivity contribution in [3.05, 3.63) is 11.9 Å². The van der Waals surface area contributed by atoms with Crippen molar-refractivity contribution >= 4 is 8.58 Å². The zero-order valence-corrected chi connectivity index (χ0v) is 8.74. The van der Waals surface area contributed by atoms with Crippen molar-refractivity contribution in [1.82, 2.24) is 0 Å². The van der Waals surface area contributed by atoms with Gasteiger partial charge in [0, 0.05) is 0 Å². The fourth-order valence-corrected chi connectivity index (χ4v) is 1.74. The normalized spacial score (nSPS) is 12.2. The molecule has 0 unspecified atom stereocenters. The molecule has 0 aliphatic rings. The molecule has 0 N–H and O–H groups in total. The Labute approximate surface area is 73.2 Å². The SMILES string of the molecule is CCCCC=C[P]CCCC. The van der Waals surface area contributed by atoms with Gasteiger partial charge in [0.2, 0.25) is 0 Å². The van der Waals surface area contributed by atoms with Gasteiger partial charge in [0.15, 0.2) is 0 Å². The van der Waals surface area contributed by atoms with E-state index in [-0.39, 0.29) is 0 Å². The van der Waals surface area contributed by atoms with Gasteiger partial charge in [-0.15, -0.1) is 0 Å². The Morgan fingerprint density at radius 3 is 2.45 bits per heavy atom. The standard InChI is InChI=1S/C10H20P/c1-3-5-7-8-10-11-9-6-4-2/h8,10H,3-7,9H2,1-2H3. The zero-order chi connectivity index (χ0) is 8.36. The maximum atomic E-state index is 2.32. The van der Waals surface area contributed by atoms with Gasteiger partial charge in [-0.1, -0.05) is 53.6 Å². The third kappa shape index (κ3) is 10.2. The molecule has 0 rings (SSSR count). The summed E-state index contributed by atoms with van der Waals surface area (Å²) in [6.45, 7) is 4.49. The Morgan fingerprint density at radius 2 is 1.82 bits per heavy atom. The van der Waals surface area contributed by atoms with Gasteiger partial charge < -0.3 is 0 Å². The second-order valence-corrected chi connectivity index (χ2v) is 3.90. The molecule has 0 bridgehead atoms. The molecule has 0 atom stereocenters. The van der Waals surface area contributed by atoms with E-state index in [2.05, 4.69) is 25.7 Å². The Bertz CT molecular complexity index is 86.9. The smallest absolute Gasteiger partial charge is 0.0250 e. The molecule has 11 heavy (non-hydrogen) atoms. The van der Waals surface area contributed by atoms with Gasteiger partial charge in [-0.25, -0.2) is 0 Å². The van der Waals surface area contributed by atoms with E-state index in [0.29, 0.717) is 0 Å². The van der Waals surface area contributed by atoms with Crippen LogP contribution in [0.4, 0.5) is 0 Å². The van der Waals surface area contributed by atoms with E-state index >= 15 is 0 Å². The van der Waals surface area contributed by atoms with Crippen molar-refractivity contribution in [3.8, 4) is 0 Å². The van der Waals surface area contributed by atoms with Crippen LogP contribution in [-0.4, -0.2) is 6.16 Å². The first-order valence-electron chi connectivity index (χ1n) is 4.73. The van der Waals surface area contributed by atoms with E-state index in [1.165, 1.54) is 46.8 Å². The second-order valence-electron chi connectivity index (χ2n) is 2.79. The Balaban J connectivity index is 2.91. The van der Waals surface area contributed by atoms with Gasteiger partial charge in [-0.05, 0) is 19.0 Å². The van der Waals surface area contributed by atoms with E-state index < -0.39 is 0 Å². The number of hydrogen-bond acceptors (Lipinski definition) is 0. The lowest BCUT2D eigenvalue weighted by Crippen LogP contribution is -1.70. The maximum Gasteiger partial charge on any atom is -0.0250 e. The molecule has 65 valence electrons. The first-order valence-corrected chi connectivity index (χ1v) is 5.88. The van der Waals surface area contributed by atoms with E-state index in [4.69, 9.17) is 0 Å². The molecular formula is C10H20P. The summed E-state index contributed by atoms with van der Waals surface area (Å²) in [6, 6.07) is 0. The molecule has 0 amide bonds.